The number of aromatic hydroxyl groups is 1. The number of primary amides is 1. The monoisotopic (exact) mass is 650 g/mol. The molecule has 0 aromatic heterocycles. The van der Waals surface area contributed by atoms with Gasteiger partial charge in [0, 0.05) is 41.2 Å². The highest BCUT2D eigenvalue weighted by Crippen LogP contribution is 2.54. The molecule has 6 N–H and O–H groups in total. The number of aliphatic hydroxyl groups excluding tert-OH is 2. The molecule has 242 valence electrons. The lowest BCUT2D eigenvalue weighted by atomic mass is 9.59. The number of benzene rings is 3. The van der Waals surface area contributed by atoms with Gasteiger partial charge in [0.25, 0.3) is 11.6 Å². The fourth-order valence-electron chi connectivity index (χ4n) is 7.76. The predicted octanol–water partition coefficient (Wildman–Crippen LogP) is 3.24. The number of phenolic OH excluding ortho intramolecular Hbond substituents is 1. The van der Waals surface area contributed by atoms with Gasteiger partial charge in [-0.2, -0.15) is 0 Å². The van der Waals surface area contributed by atoms with Gasteiger partial charge in [0.05, 0.1) is 16.4 Å². The average Bonchev–Trinajstić information content (AvgIpc) is 3.28. The van der Waals surface area contributed by atoms with Gasteiger partial charge >= 0.3 is 0 Å². The number of hydrogen-bond acceptors (Lipinski definition) is 11. The number of non-ortho nitro benzene ring substituents is 1. The summed E-state index contributed by atoms with van der Waals surface area (Å²) in [6.45, 7) is 0. The average molecular weight is 651 g/mol. The number of rotatable bonds is 5. The van der Waals surface area contributed by atoms with E-state index in [1.165, 1.54) is 36.4 Å². The molecule has 0 bridgehead atoms. The molecule has 0 saturated heterocycles. The van der Waals surface area contributed by atoms with Gasteiger partial charge in [-0.1, -0.05) is 36.4 Å². The highest BCUT2D eigenvalue weighted by Gasteiger charge is 2.60. The predicted molar refractivity (Wildman–Crippen MR) is 166 cm³/mol. The number of nitrogens with two attached hydrogens (primary N) is 1. The molecule has 13 nitrogen and oxygen atoms in total. The topological polar surface area (TPSA) is 235 Å². The first kappa shape index (κ1) is 30.7. The van der Waals surface area contributed by atoms with Crippen LogP contribution in [-0.4, -0.2) is 60.0 Å². The van der Waals surface area contributed by atoms with Crippen LogP contribution in [0.1, 0.15) is 50.2 Å². The quantitative estimate of drug-likeness (QED) is 0.116. The molecule has 3 aromatic rings. The minimum atomic E-state index is -2.76. The van der Waals surface area contributed by atoms with Gasteiger partial charge < -0.3 is 26.2 Å². The van der Waals surface area contributed by atoms with Crippen LogP contribution in [0.3, 0.4) is 0 Å². The molecule has 0 heterocycles. The standard InChI is InChI=1S/C35H26N2O11/c36-34(45)27-24(38)13-17-8-15-10-22-21(14-4-3-5-18(9-14)37(47)48)11-16(12-23-29(40)19-6-1-2-7-20(19)30(23)41)28(39)26(22)31(42)25(15)32(43)35(17,46)33(27)44/h1-7,9,11,15,17,23,39,42,44,46H,8,10,12-13H2,(H2,36,45)/t15-,17+,35+/m1/s1. The van der Waals surface area contributed by atoms with E-state index in [1.54, 1.807) is 18.2 Å². The second-order valence-electron chi connectivity index (χ2n) is 12.5. The van der Waals surface area contributed by atoms with Crippen molar-refractivity contribution in [3.8, 4) is 16.9 Å². The van der Waals surface area contributed by atoms with E-state index < -0.39 is 86.6 Å². The summed E-state index contributed by atoms with van der Waals surface area (Å²) in [5, 5.41) is 57.6. The fraction of sp³-hybridized carbons (Fsp3) is 0.229. The van der Waals surface area contributed by atoms with Crippen LogP contribution in [0.4, 0.5) is 5.69 Å². The molecule has 7 rings (SSSR count). The number of nitro groups is 1. The van der Waals surface area contributed by atoms with Crippen molar-refractivity contribution in [2.75, 3.05) is 0 Å². The fourth-order valence-corrected chi connectivity index (χ4v) is 7.76. The molecule has 4 aliphatic rings. The van der Waals surface area contributed by atoms with Crippen LogP contribution in [0, 0.1) is 27.9 Å². The molecular weight excluding hydrogens is 624 g/mol. The zero-order valence-corrected chi connectivity index (χ0v) is 24.9. The molecule has 13 heteroatoms. The third kappa shape index (κ3) is 4.17. The molecule has 1 fully saturated rings. The molecule has 1 amide bonds. The lowest BCUT2D eigenvalue weighted by Crippen LogP contribution is -2.58. The number of phenols is 1. The van der Waals surface area contributed by atoms with E-state index in [0.717, 1.165) is 0 Å². The van der Waals surface area contributed by atoms with Gasteiger partial charge in [0.1, 0.15) is 22.8 Å². The van der Waals surface area contributed by atoms with Crippen LogP contribution in [0.5, 0.6) is 5.75 Å². The molecule has 0 spiro atoms. The molecule has 48 heavy (non-hydrogen) atoms. The molecule has 0 radical (unpaired) electrons. The number of Topliss-reactive ketones (excluding diaryl/α,β-unsaturated/α-hetero) is 4. The SMILES string of the molecule is NC(=O)C1=C(O)[C@@]2(O)C(=O)C3=C(O)c4c(O)c(CC5C(=O)c6ccccc6C5=O)cc(-c5cccc([N+](=O)[O-])c5)c4C[C@H]3C[C@H]2CC1=O. The Morgan fingerprint density at radius 3 is 2.23 bits per heavy atom. The highest BCUT2D eigenvalue weighted by molar-refractivity contribution is 6.26. The summed E-state index contributed by atoms with van der Waals surface area (Å²) >= 11 is 0. The summed E-state index contributed by atoms with van der Waals surface area (Å²) in [7, 11) is 0. The van der Waals surface area contributed by atoms with E-state index in [-0.39, 0.29) is 58.3 Å². The number of fused-ring (bicyclic) bond motifs is 4. The van der Waals surface area contributed by atoms with Crippen LogP contribution in [-0.2, 0) is 27.2 Å². The van der Waals surface area contributed by atoms with Crippen LogP contribution >= 0.6 is 0 Å². The van der Waals surface area contributed by atoms with Crippen molar-refractivity contribution in [2.45, 2.75) is 31.3 Å². The Kier molecular flexibility index (Phi) is 6.74. The van der Waals surface area contributed by atoms with E-state index in [2.05, 4.69) is 0 Å². The van der Waals surface area contributed by atoms with Crippen molar-refractivity contribution in [3.05, 3.63) is 109 Å². The van der Waals surface area contributed by atoms with Crippen molar-refractivity contribution >= 4 is 40.5 Å². The maximum Gasteiger partial charge on any atom is 0.270 e. The first-order valence-electron chi connectivity index (χ1n) is 15.0. The van der Waals surface area contributed by atoms with Gasteiger partial charge in [0.2, 0.25) is 5.78 Å². The van der Waals surface area contributed by atoms with E-state index in [1.807, 2.05) is 0 Å². The number of nitro benzene ring substituents is 1. The van der Waals surface area contributed by atoms with Crippen molar-refractivity contribution < 1.29 is 49.3 Å². The molecule has 1 saturated carbocycles. The van der Waals surface area contributed by atoms with Crippen LogP contribution < -0.4 is 5.73 Å². The van der Waals surface area contributed by atoms with Crippen molar-refractivity contribution in [1.82, 2.24) is 0 Å². The van der Waals surface area contributed by atoms with Gasteiger partial charge in [-0.15, -0.1) is 0 Å². The minimum absolute atomic E-state index is 0.0298. The summed E-state index contributed by atoms with van der Waals surface area (Å²) in [6.07, 6.45) is -0.959. The minimum Gasteiger partial charge on any atom is -0.508 e. The number of aliphatic hydroxyl groups is 3. The van der Waals surface area contributed by atoms with E-state index in [0.29, 0.717) is 11.1 Å². The first-order valence-corrected chi connectivity index (χ1v) is 15.0. The van der Waals surface area contributed by atoms with Crippen LogP contribution in [0.2, 0.25) is 0 Å². The molecule has 3 aromatic carbocycles. The second-order valence-corrected chi connectivity index (χ2v) is 12.5. The number of carbonyl (C=O) groups is 5. The molecule has 4 aliphatic carbocycles. The lowest BCUT2D eigenvalue weighted by molar-refractivity contribution is -0.384. The maximum atomic E-state index is 14.0. The van der Waals surface area contributed by atoms with Gasteiger partial charge in [-0.05, 0) is 53.5 Å². The van der Waals surface area contributed by atoms with Gasteiger partial charge in [-0.25, -0.2) is 0 Å². The Morgan fingerprint density at radius 1 is 0.938 bits per heavy atom. The van der Waals surface area contributed by atoms with E-state index in [4.69, 9.17) is 5.73 Å². The number of amides is 1. The third-order valence-electron chi connectivity index (χ3n) is 10.0. The Balaban J connectivity index is 1.43. The Hall–Kier alpha value is -5.95. The maximum absolute atomic E-state index is 14.0. The summed E-state index contributed by atoms with van der Waals surface area (Å²) < 4.78 is 0. The van der Waals surface area contributed by atoms with Crippen molar-refractivity contribution in [3.63, 3.8) is 0 Å². The lowest BCUT2D eigenvalue weighted by Gasteiger charge is -2.46. The van der Waals surface area contributed by atoms with Gasteiger partial charge in [-0.3, -0.25) is 34.1 Å². The van der Waals surface area contributed by atoms with Gasteiger partial charge in [0.15, 0.2) is 23.0 Å². The van der Waals surface area contributed by atoms with Crippen molar-refractivity contribution in [2.24, 2.45) is 23.5 Å². The number of hydrogen-bond donors (Lipinski definition) is 5. The first-order chi connectivity index (χ1) is 22.7. The normalized spacial score (nSPS) is 23.5. The summed E-state index contributed by atoms with van der Waals surface area (Å²) in [5.41, 5.74) is 2.09. The van der Waals surface area contributed by atoms with E-state index in [9.17, 15) is 54.5 Å². The molecule has 3 atom stereocenters. The molecular formula is C35H26N2O11. The Morgan fingerprint density at radius 2 is 1.60 bits per heavy atom. The Labute approximate surface area is 270 Å². The summed E-state index contributed by atoms with van der Waals surface area (Å²) in [5.74, 6) is -10.1. The smallest absolute Gasteiger partial charge is 0.270 e. The third-order valence-corrected chi connectivity index (χ3v) is 10.0. The second kappa shape index (κ2) is 10.5. The summed E-state index contributed by atoms with van der Waals surface area (Å²) in [4.78, 5) is 76.3. The highest BCUT2D eigenvalue weighted by atomic mass is 16.6. The molecule has 0 unspecified atom stereocenters. The number of carbonyl (C=O) groups excluding carboxylic acids is 5. The number of ketones is 4. The van der Waals surface area contributed by atoms with Crippen LogP contribution in [0.25, 0.3) is 16.9 Å². The zero-order valence-electron chi connectivity index (χ0n) is 24.9. The molecule has 0 aliphatic heterocycles. The van der Waals surface area contributed by atoms with Crippen molar-refractivity contribution in [1.29, 1.82) is 0 Å². The summed E-state index contributed by atoms with van der Waals surface area (Å²) in [6, 6.07) is 13.3. The zero-order chi connectivity index (χ0) is 34.4. The largest absolute Gasteiger partial charge is 0.508 e. The Bertz CT molecular complexity index is 2110. The van der Waals surface area contributed by atoms with E-state index >= 15 is 0 Å². The number of nitrogens with zero attached hydrogens (tertiary/aromatic N) is 1. The van der Waals surface area contributed by atoms with Crippen LogP contribution in [0.15, 0.2) is 71.5 Å².